The number of aliphatic hydroxyl groups is 1. The van der Waals surface area contributed by atoms with Crippen molar-refractivity contribution in [3.05, 3.63) is 24.2 Å². The van der Waals surface area contributed by atoms with Gasteiger partial charge in [0, 0.05) is 19.2 Å². The van der Waals surface area contributed by atoms with Crippen molar-refractivity contribution in [3.8, 4) is 0 Å². The van der Waals surface area contributed by atoms with Crippen LogP contribution in [-0.4, -0.2) is 35.1 Å². The molecule has 4 nitrogen and oxygen atoms in total. The van der Waals surface area contributed by atoms with E-state index in [1.54, 1.807) is 11.0 Å². The fourth-order valence-corrected chi connectivity index (χ4v) is 1.39. The number of furan rings is 1. The minimum absolute atomic E-state index is 0.0489. The highest BCUT2D eigenvalue weighted by Gasteiger charge is 2.18. The lowest BCUT2D eigenvalue weighted by molar-refractivity contribution is 0.0692. The molecule has 1 amide bonds. The molecule has 0 aliphatic rings. The lowest BCUT2D eigenvalue weighted by Crippen LogP contribution is -2.37. The smallest absolute Gasteiger partial charge is 0.257 e. The number of nitrogens with zero attached hydrogens (tertiary/aromatic N) is 1. The summed E-state index contributed by atoms with van der Waals surface area (Å²) >= 11 is 0. The van der Waals surface area contributed by atoms with Gasteiger partial charge in [-0.25, -0.2) is 0 Å². The van der Waals surface area contributed by atoms with Crippen molar-refractivity contribution < 1.29 is 14.3 Å². The first-order chi connectivity index (χ1) is 7.16. The van der Waals surface area contributed by atoms with Crippen LogP contribution in [0.2, 0.25) is 0 Å². The zero-order valence-electron chi connectivity index (χ0n) is 9.14. The Morgan fingerprint density at radius 1 is 1.60 bits per heavy atom. The molecule has 0 saturated heterocycles. The maximum Gasteiger partial charge on any atom is 0.257 e. The van der Waals surface area contributed by atoms with E-state index in [1.165, 1.54) is 12.5 Å². The predicted molar refractivity (Wildman–Crippen MR) is 56.6 cm³/mol. The molecule has 0 radical (unpaired) electrons. The zero-order chi connectivity index (χ0) is 11.3. The van der Waals surface area contributed by atoms with Gasteiger partial charge in [0.1, 0.15) is 6.26 Å². The van der Waals surface area contributed by atoms with E-state index in [0.717, 1.165) is 0 Å². The number of hydrogen-bond donors (Lipinski definition) is 1. The van der Waals surface area contributed by atoms with E-state index < -0.39 is 0 Å². The monoisotopic (exact) mass is 211 g/mol. The molecule has 0 aromatic carbocycles. The summed E-state index contributed by atoms with van der Waals surface area (Å²) in [5.41, 5.74) is 0.557. The minimum atomic E-state index is -0.0489. The van der Waals surface area contributed by atoms with E-state index in [-0.39, 0.29) is 18.6 Å². The van der Waals surface area contributed by atoms with Crippen molar-refractivity contribution in [1.82, 2.24) is 4.90 Å². The molecule has 15 heavy (non-hydrogen) atoms. The summed E-state index contributed by atoms with van der Waals surface area (Å²) in [4.78, 5) is 13.7. The fourth-order valence-electron chi connectivity index (χ4n) is 1.39. The molecule has 4 heteroatoms. The van der Waals surface area contributed by atoms with Gasteiger partial charge in [-0.1, -0.05) is 0 Å². The molecule has 0 spiro atoms. The van der Waals surface area contributed by atoms with Crippen LogP contribution in [0.3, 0.4) is 0 Å². The highest BCUT2D eigenvalue weighted by atomic mass is 16.3. The van der Waals surface area contributed by atoms with Crippen LogP contribution in [0.5, 0.6) is 0 Å². The second-order valence-electron chi connectivity index (χ2n) is 3.68. The van der Waals surface area contributed by atoms with E-state index in [2.05, 4.69) is 0 Å². The van der Waals surface area contributed by atoms with E-state index in [4.69, 9.17) is 9.52 Å². The van der Waals surface area contributed by atoms with Gasteiger partial charge < -0.3 is 14.4 Å². The van der Waals surface area contributed by atoms with Crippen LogP contribution in [0.4, 0.5) is 0 Å². The molecular formula is C11H17NO3. The van der Waals surface area contributed by atoms with Crippen LogP contribution >= 0.6 is 0 Å². The first kappa shape index (κ1) is 11.8. The van der Waals surface area contributed by atoms with Gasteiger partial charge in [0.25, 0.3) is 5.91 Å². The normalized spacial score (nSPS) is 10.7. The molecule has 0 fully saturated rings. The summed E-state index contributed by atoms with van der Waals surface area (Å²) in [6, 6.07) is 1.77. The van der Waals surface area contributed by atoms with E-state index >= 15 is 0 Å². The summed E-state index contributed by atoms with van der Waals surface area (Å²) in [5, 5.41) is 8.75. The third-order valence-electron chi connectivity index (χ3n) is 2.21. The van der Waals surface area contributed by atoms with Crippen LogP contribution in [0.1, 0.15) is 30.6 Å². The summed E-state index contributed by atoms with van der Waals surface area (Å²) in [6.07, 6.45) is 3.52. The van der Waals surface area contributed by atoms with Crippen molar-refractivity contribution in [1.29, 1.82) is 0 Å². The van der Waals surface area contributed by atoms with E-state index in [9.17, 15) is 4.79 Å². The molecule has 1 rings (SSSR count). The molecule has 1 heterocycles. The van der Waals surface area contributed by atoms with Gasteiger partial charge in [0.15, 0.2) is 0 Å². The summed E-state index contributed by atoms with van der Waals surface area (Å²) in [6.45, 7) is 4.57. The number of amides is 1. The molecule has 0 aliphatic carbocycles. The molecule has 84 valence electrons. The highest BCUT2D eigenvalue weighted by Crippen LogP contribution is 2.09. The number of aliphatic hydroxyl groups excluding tert-OH is 1. The lowest BCUT2D eigenvalue weighted by Gasteiger charge is -2.25. The Morgan fingerprint density at radius 3 is 2.80 bits per heavy atom. The second-order valence-corrected chi connectivity index (χ2v) is 3.68. The van der Waals surface area contributed by atoms with Crippen LogP contribution in [0.25, 0.3) is 0 Å². The Kier molecular flexibility index (Phi) is 4.37. The summed E-state index contributed by atoms with van der Waals surface area (Å²) in [5.74, 6) is -0.0489. The van der Waals surface area contributed by atoms with Gasteiger partial charge in [-0.3, -0.25) is 4.79 Å². The number of rotatable bonds is 5. The van der Waals surface area contributed by atoms with Crippen molar-refractivity contribution in [3.63, 3.8) is 0 Å². The summed E-state index contributed by atoms with van der Waals surface area (Å²) in [7, 11) is 0. The standard InChI is InChI=1S/C11H17NO3/c1-9(2)12(5-3-6-13)11(14)10-4-7-15-8-10/h4,7-9,13H,3,5-6H2,1-2H3. The Bertz CT molecular complexity index is 293. The van der Waals surface area contributed by atoms with E-state index in [0.29, 0.717) is 18.5 Å². The molecule has 0 saturated carbocycles. The van der Waals surface area contributed by atoms with E-state index in [1.807, 2.05) is 13.8 Å². The predicted octanol–water partition coefficient (Wildman–Crippen LogP) is 1.51. The number of carbonyl (C=O) groups is 1. The molecule has 1 aromatic rings. The van der Waals surface area contributed by atoms with Crippen molar-refractivity contribution in [2.45, 2.75) is 26.3 Å². The maximum absolute atomic E-state index is 11.9. The molecule has 0 unspecified atom stereocenters. The number of carbonyl (C=O) groups excluding carboxylic acids is 1. The SMILES string of the molecule is CC(C)N(CCCO)C(=O)c1ccoc1. The van der Waals surface area contributed by atoms with Gasteiger partial charge in [0.05, 0.1) is 11.8 Å². The molecule has 0 atom stereocenters. The quantitative estimate of drug-likeness (QED) is 0.803. The lowest BCUT2D eigenvalue weighted by atomic mass is 10.2. The van der Waals surface area contributed by atoms with Gasteiger partial charge in [-0.2, -0.15) is 0 Å². The Morgan fingerprint density at radius 2 is 2.33 bits per heavy atom. The molecule has 1 aromatic heterocycles. The van der Waals surface area contributed by atoms with Gasteiger partial charge in [-0.15, -0.1) is 0 Å². The molecule has 0 bridgehead atoms. The maximum atomic E-state index is 11.9. The first-order valence-electron chi connectivity index (χ1n) is 5.11. The second kappa shape index (κ2) is 5.56. The average molecular weight is 211 g/mol. The van der Waals surface area contributed by atoms with Crippen LogP contribution in [-0.2, 0) is 0 Å². The first-order valence-corrected chi connectivity index (χ1v) is 5.11. The van der Waals surface area contributed by atoms with Crippen LogP contribution in [0.15, 0.2) is 23.0 Å². The van der Waals surface area contributed by atoms with Gasteiger partial charge >= 0.3 is 0 Å². The Labute approximate surface area is 89.5 Å². The number of hydrogen-bond acceptors (Lipinski definition) is 3. The highest BCUT2D eigenvalue weighted by molar-refractivity contribution is 5.94. The Balaban J connectivity index is 2.67. The van der Waals surface area contributed by atoms with Gasteiger partial charge in [-0.05, 0) is 26.3 Å². The van der Waals surface area contributed by atoms with Gasteiger partial charge in [0.2, 0.25) is 0 Å². The molecular weight excluding hydrogens is 194 g/mol. The third kappa shape index (κ3) is 3.09. The van der Waals surface area contributed by atoms with Crippen LogP contribution < -0.4 is 0 Å². The fraction of sp³-hybridized carbons (Fsp3) is 0.545. The molecule has 0 aliphatic heterocycles. The van der Waals surface area contributed by atoms with Crippen molar-refractivity contribution >= 4 is 5.91 Å². The van der Waals surface area contributed by atoms with Crippen molar-refractivity contribution in [2.75, 3.05) is 13.2 Å². The van der Waals surface area contributed by atoms with Crippen LogP contribution in [0, 0.1) is 0 Å². The van der Waals surface area contributed by atoms with Crippen molar-refractivity contribution in [2.24, 2.45) is 0 Å². The summed E-state index contributed by atoms with van der Waals surface area (Å²) < 4.78 is 4.87. The minimum Gasteiger partial charge on any atom is -0.472 e. The Hall–Kier alpha value is -1.29. The largest absolute Gasteiger partial charge is 0.472 e. The average Bonchev–Trinajstić information content (AvgIpc) is 2.70. The topological polar surface area (TPSA) is 53.7 Å². The zero-order valence-corrected chi connectivity index (χ0v) is 9.14. The molecule has 1 N–H and O–H groups in total. The third-order valence-corrected chi connectivity index (χ3v) is 2.21.